The van der Waals surface area contributed by atoms with E-state index in [4.69, 9.17) is 4.98 Å². The fourth-order valence-electron chi connectivity index (χ4n) is 6.06. The van der Waals surface area contributed by atoms with Crippen LogP contribution in [0.15, 0.2) is 87.2 Å². The molecule has 0 aliphatic heterocycles. The Balaban J connectivity index is 1.52. The Kier molecular flexibility index (Phi) is 6.87. The molecular formula is C32H29BrN2O2S. The lowest BCUT2D eigenvalue weighted by Crippen LogP contribution is -2.42. The average molecular weight is 586 g/mol. The average Bonchev–Trinajstić information content (AvgIpc) is 2.93. The Hall–Kier alpha value is -2.96. The van der Waals surface area contributed by atoms with Crippen LogP contribution in [0.3, 0.4) is 0 Å². The molecule has 3 aromatic carbocycles. The number of nitrogens with zero attached hydrogens (tertiary/aromatic N) is 2. The van der Waals surface area contributed by atoms with Crippen LogP contribution in [0.5, 0.6) is 0 Å². The normalized spacial score (nSPS) is 15.6. The summed E-state index contributed by atoms with van der Waals surface area (Å²) in [5, 5.41) is 0.561. The lowest BCUT2D eigenvalue weighted by atomic mass is 9.62. The highest BCUT2D eigenvalue weighted by Crippen LogP contribution is 2.49. The predicted octanol–water partition coefficient (Wildman–Crippen LogP) is 7.70. The zero-order valence-electron chi connectivity index (χ0n) is 21.4. The van der Waals surface area contributed by atoms with Gasteiger partial charge in [0.25, 0.3) is 5.56 Å². The molecule has 0 saturated heterocycles. The topological polar surface area (TPSA) is 52.0 Å². The summed E-state index contributed by atoms with van der Waals surface area (Å²) in [6.45, 7) is 2.04. The third-order valence-corrected chi connectivity index (χ3v) is 9.45. The maximum atomic E-state index is 14.6. The van der Waals surface area contributed by atoms with Crippen molar-refractivity contribution < 1.29 is 4.79 Å². The minimum atomic E-state index is -0.186. The summed E-state index contributed by atoms with van der Waals surface area (Å²) >= 11 is 4.77. The highest BCUT2D eigenvalue weighted by molar-refractivity contribution is 9.10. The zero-order valence-corrected chi connectivity index (χ0v) is 23.8. The van der Waals surface area contributed by atoms with Gasteiger partial charge in [0, 0.05) is 21.0 Å². The quantitative estimate of drug-likeness (QED) is 0.137. The van der Waals surface area contributed by atoms with Crippen LogP contribution >= 0.6 is 27.7 Å². The molecule has 4 aromatic rings. The van der Waals surface area contributed by atoms with Crippen molar-refractivity contribution in [3.8, 4) is 16.9 Å². The molecule has 0 bridgehead atoms. The van der Waals surface area contributed by atoms with Gasteiger partial charge in [-0.15, -0.1) is 0 Å². The standard InChI is InChI=1S/C32H29BrN2O2S/c1-21-9-15-25(16-10-21)35-30(37)28-29(34-31(35)38-20-27(36)22-11-13-24(33)14-12-22)26-8-4-3-7-23(26)19-32(28)17-5-2-6-18-32/h3-4,7-16H,2,5-6,17-20H2,1H3. The van der Waals surface area contributed by atoms with Crippen molar-refractivity contribution in [2.75, 3.05) is 5.75 Å². The van der Waals surface area contributed by atoms with Gasteiger partial charge in [0.2, 0.25) is 0 Å². The Bertz CT molecular complexity index is 1570. The molecule has 0 atom stereocenters. The van der Waals surface area contributed by atoms with Gasteiger partial charge >= 0.3 is 0 Å². The number of fused-ring (bicyclic) bond motifs is 4. The molecule has 1 heterocycles. The number of carbonyl (C=O) groups is 1. The Morgan fingerprint density at radius 1 is 0.974 bits per heavy atom. The number of aromatic nitrogens is 2. The highest BCUT2D eigenvalue weighted by Gasteiger charge is 2.43. The summed E-state index contributed by atoms with van der Waals surface area (Å²) in [6, 6.07) is 23.8. The molecule has 192 valence electrons. The number of rotatable bonds is 5. The number of ketones is 1. The molecule has 0 amide bonds. The van der Waals surface area contributed by atoms with Gasteiger partial charge in [-0.05, 0) is 56.0 Å². The fourth-order valence-corrected chi connectivity index (χ4v) is 7.22. The molecule has 2 aliphatic carbocycles. The summed E-state index contributed by atoms with van der Waals surface area (Å²) < 4.78 is 2.68. The van der Waals surface area contributed by atoms with E-state index in [9.17, 15) is 9.59 Å². The second kappa shape index (κ2) is 10.3. The van der Waals surface area contributed by atoms with E-state index >= 15 is 0 Å². The fraction of sp³-hybridized carbons (Fsp3) is 0.281. The maximum Gasteiger partial charge on any atom is 0.263 e. The molecule has 1 aromatic heterocycles. The molecule has 6 rings (SSSR count). The molecule has 4 nitrogen and oxygen atoms in total. The van der Waals surface area contributed by atoms with Gasteiger partial charge in [0.05, 0.1) is 22.7 Å². The Morgan fingerprint density at radius 3 is 2.42 bits per heavy atom. The van der Waals surface area contributed by atoms with Crippen LogP contribution in [-0.4, -0.2) is 21.1 Å². The summed E-state index contributed by atoms with van der Waals surface area (Å²) in [5.74, 6) is 0.208. The van der Waals surface area contributed by atoms with E-state index in [-0.39, 0.29) is 22.5 Å². The number of halogens is 1. The number of benzene rings is 3. The molecule has 0 N–H and O–H groups in total. The van der Waals surface area contributed by atoms with Crippen molar-refractivity contribution in [3.05, 3.63) is 110 Å². The molecule has 2 aliphatic rings. The van der Waals surface area contributed by atoms with E-state index < -0.39 is 0 Å². The van der Waals surface area contributed by atoms with E-state index in [2.05, 4.69) is 34.1 Å². The first-order valence-corrected chi connectivity index (χ1v) is 15.0. The first-order chi connectivity index (χ1) is 18.4. The minimum Gasteiger partial charge on any atom is -0.293 e. The molecular weight excluding hydrogens is 556 g/mol. The zero-order chi connectivity index (χ0) is 26.3. The molecule has 6 heteroatoms. The second-order valence-electron chi connectivity index (χ2n) is 10.5. The van der Waals surface area contributed by atoms with Crippen LogP contribution in [0.2, 0.25) is 0 Å². The highest BCUT2D eigenvalue weighted by atomic mass is 79.9. The summed E-state index contributed by atoms with van der Waals surface area (Å²) in [4.78, 5) is 32.9. The summed E-state index contributed by atoms with van der Waals surface area (Å²) in [6.07, 6.45) is 6.37. The van der Waals surface area contributed by atoms with E-state index in [1.54, 1.807) is 4.57 Å². The number of carbonyl (C=O) groups excluding carboxylic acids is 1. The van der Waals surface area contributed by atoms with E-state index in [1.165, 1.54) is 23.7 Å². The molecule has 1 spiro atoms. The van der Waals surface area contributed by atoms with Crippen LogP contribution in [0.25, 0.3) is 16.9 Å². The number of hydrogen-bond donors (Lipinski definition) is 0. The van der Waals surface area contributed by atoms with Crippen molar-refractivity contribution in [3.63, 3.8) is 0 Å². The van der Waals surface area contributed by atoms with Crippen molar-refractivity contribution in [2.24, 2.45) is 0 Å². The van der Waals surface area contributed by atoms with Crippen molar-refractivity contribution in [1.82, 2.24) is 9.55 Å². The van der Waals surface area contributed by atoms with Crippen LogP contribution < -0.4 is 5.56 Å². The second-order valence-corrected chi connectivity index (χ2v) is 12.3. The molecule has 0 unspecified atom stereocenters. The number of aryl methyl sites for hydroxylation is 1. The molecule has 1 saturated carbocycles. The van der Waals surface area contributed by atoms with Gasteiger partial charge in [-0.25, -0.2) is 4.98 Å². The van der Waals surface area contributed by atoms with Gasteiger partial charge in [-0.3, -0.25) is 14.2 Å². The lowest BCUT2D eigenvalue weighted by molar-refractivity contribution is 0.102. The Morgan fingerprint density at radius 2 is 1.68 bits per heavy atom. The van der Waals surface area contributed by atoms with Gasteiger partial charge in [0.15, 0.2) is 10.9 Å². The first-order valence-electron chi connectivity index (χ1n) is 13.2. The van der Waals surface area contributed by atoms with E-state index in [0.29, 0.717) is 10.7 Å². The largest absolute Gasteiger partial charge is 0.293 e. The third-order valence-electron chi connectivity index (χ3n) is 7.99. The first kappa shape index (κ1) is 25.3. The summed E-state index contributed by atoms with van der Waals surface area (Å²) in [5.41, 5.74) is 6.37. The summed E-state index contributed by atoms with van der Waals surface area (Å²) in [7, 11) is 0. The molecule has 0 radical (unpaired) electrons. The van der Waals surface area contributed by atoms with Crippen LogP contribution in [-0.2, 0) is 11.8 Å². The van der Waals surface area contributed by atoms with Crippen LogP contribution in [0.1, 0.15) is 59.2 Å². The SMILES string of the molecule is Cc1ccc(-n2c(SCC(=O)c3ccc(Br)cc3)nc3c(c2=O)C2(CCCCC2)Cc2ccccc2-3)cc1. The number of thioether (sulfide) groups is 1. The number of hydrogen-bond acceptors (Lipinski definition) is 4. The van der Waals surface area contributed by atoms with Gasteiger partial charge in [-0.1, -0.05) is 101 Å². The van der Waals surface area contributed by atoms with Gasteiger partial charge < -0.3 is 0 Å². The van der Waals surface area contributed by atoms with Crippen molar-refractivity contribution in [2.45, 2.75) is 56.0 Å². The Labute approximate surface area is 235 Å². The minimum absolute atomic E-state index is 0.00819. The predicted molar refractivity (Wildman–Crippen MR) is 158 cm³/mol. The number of Topliss-reactive ketones (excluding diaryl/α,β-unsaturated/α-hetero) is 1. The maximum absolute atomic E-state index is 14.6. The van der Waals surface area contributed by atoms with E-state index in [1.807, 2.05) is 61.5 Å². The van der Waals surface area contributed by atoms with Crippen molar-refractivity contribution >= 4 is 33.5 Å². The third kappa shape index (κ3) is 4.58. The van der Waals surface area contributed by atoms with Gasteiger partial charge in [0.1, 0.15) is 0 Å². The van der Waals surface area contributed by atoms with Crippen LogP contribution in [0.4, 0.5) is 0 Å². The lowest BCUT2D eigenvalue weighted by Gasteiger charge is -2.42. The van der Waals surface area contributed by atoms with Crippen molar-refractivity contribution in [1.29, 1.82) is 0 Å². The smallest absolute Gasteiger partial charge is 0.263 e. The van der Waals surface area contributed by atoms with E-state index in [0.717, 1.165) is 64.6 Å². The van der Waals surface area contributed by atoms with Crippen LogP contribution in [0, 0.1) is 6.92 Å². The molecule has 38 heavy (non-hydrogen) atoms. The van der Waals surface area contributed by atoms with Gasteiger partial charge in [-0.2, -0.15) is 0 Å². The molecule has 1 fully saturated rings. The monoisotopic (exact) mass is 584 g/mol.